The van der Waals surface area contributed by atoms with Gasteiger partial charge in [-0.15, -0.1) is 0 Å². The fourth-order valence-electron chi connectivity index (χ4n) is 5.42. The quantitative estimate of drug-likeness (QED) is 0.768. The second kappa shape index (κ2) is 3.73. The Balaban J connectivity index is 1.30. The maximum atomic E-state index is 3.94. The summed E-state index contributed by atoms with van der Waals surface area (Å²) in [5, 5.41) is 3.94. The Kier molecular flexibility index (Phi) is 2.32. The van der Waals surface area contributed by atoms with Crippen molar-refractivity contribution >= 4 is 0 Å². The fourth-order valence-corrected chi connectivity index (χ4v) is 5.42. The Morgan fingerprint density at radius 1 is 0.750 bits per heavy atom. The predicted molar refractivity (Wildman–Crippen MR) is 66.2 cm³/mol. The van der Waals surface area contributed by atoms with Crippen molar-refractivity contribution in [1.82, 2.24) is 5.32 Å². The molecule has 0 aromatic rings. The second-order valence-electron chi connectivity index (χ2n) is 7.12. The van der Waals surface area contributed by atoms with Crippen LogP contribution in [0, 0.1) is 29.6 Å². The van der Waals surface area contributed by atoms with E-state index in [1.807, 2.05) is 0 Å². The van der Waals surface area contributed by atoms with E-state index in [9.17, 15) is 0 Å². The number of nitrogens with one attached hydrogen (secondary N) is 1. The van der Waals surface area contributed by atoms with Crippen LogP contribution in [0.1, 0.15) is 51.4 Å². The molecule has 6 unspecified atom stereocenters. The highest BCUT2D eigenvalue weighted by Gasteiger charge is 2.42. The predicted octanol–water partition coefficient (Wildman–Crippen LogP) is 3.20. The Bertz CT molecular complexity index is 247. The van der Waals surface area contributed by atoms with Gasteiger partial charge in [0.15, 0.2) is 0 Å². The molecule has 1 heteroatoms. The SMILES string of the molecule is C1CC2CC1CC2CNC1CC2CCC1C2. The largest absolute Gasteiger partial charge is 0.313 e. The molecule has 0 amide bonds. The summed E-state index contributed by atoms with van der Waals surface area (Å²) in [6, 6.07) is 0.915. The smallest absolute Gasteiger partial charge is 0.00981 e. The fraction of sp³-hybridized carbons (Fsp3) is 1.00. The Morgan fingerprint density at radius 2 is 1.50 bits per heavy atom. The third-order valence-corrected chi connectivity index (χ3v) is 6.26. The lowest BCUT2D eigenvalue weighted by atomic mass is 9.88. The van der Waals surface area contributed by atoms with E-state index >= 15 is 0 Å². The van der Waals surface area contributed by atoms with Crippen molar-refractivity contribution in [1.29, 1.82) is 0 Å². The number of rotatable bonds is 3. The molecule has 1 N–H and O–H groups in total. The summed E-state index contributed by atoms with van der Waals surface area (Å²) in [6.07, 6.45) is 12.3. The third-order valence-electron chi connectivity index (χ3n) is 6.26. The van der Waals surface area contributed by atoms with Gasteiger partial charge in [-0.3, -0.25) is 0 Å². The van der Waals surface area contributed by atoms with Crippen LogP contribution in [0.4, 0.5) is 0 Å². The lowest BCUT2D eigenvalue weighted by Crippen LogP contribution is -2.38. The van der Waals surface area contributed by atoms with Crippen LogP contribution < -0.4 is 5.32 Å². The lowest BCUT2D eigenvalue weighted by Gasteiger charge is -2.28. The number of fused-ring (bicyclic) bond motifs is 4. The van der Waals surface area contributed by atoms with E-state index in [-0.39, 0.29) is 0 Å². The van der Waals surface area contributed by atoms with E-state index in [2.05, 4.69) is 5.32 Å². The lowest BCUT2D eigenvalue weighted by molar-refractivity contribution is 0.276. The van der Waals surface area contributed by atoms with E-state index < -0.39 is 0 Å². The van der Waals surface area contributed by atoms with Crippen LogP contribution in [0.25, 0.3) is 0 Å². The zero-order valence-electron chi connectivity index (χ0n) is 10.3. The normalized spacial score (nSPS) is 54.0. The highest BCUT2D eigenvalue weighted by atomic mass is 14.9. The van der Waals surface area contributed by atoms with Gasteiger partial charge in [0, 0.05) is 6.04 Å². The molecule has 4 fully saturated rings. The van der Waals surface area contributed by atoms with Gasteiger partial charge in [-0.25, -0.2) is 0 Å². The van der Waals surface area contributed by atoms with Crippen LogP contribution >= 0.6 is 0 Å². The first-order chi connectivity index (χ1) is 7.88. The molecule has 4 aliphatic rings. The molecule has 16 heavy (non-hydrogen) atoms. The first-order valence-corrected chi connectivity index (χ1v) is 7.62. The van der Waals surface area contributed by atoms with Gasteiger partial charge >= 0.3 is 0 Å². The van der Waals surface area contributed by atoms with Crippen LogP contribution in [0.5, 0.6) is 0 Å². The van der Waals surface area contributed by atoms with Crippen LogP contribution in [0.3, 0.4) is 0 Å². The maximum absolute atomic E-state index is 3.94. The molecule has 0 saturated heterocycles. The molecule has 0 aromatic carbocycles. The first kappa shape index (κ1) is 9.94. The van der Waals surface area contributed by atoms with Gasteiger partial charge in [-0.05, 0) is 74.7 Å². The van der Waals surface area contributed by atoms with E-state index in [0.717, 1.165) is 35.6 Å². The Labute approximate surface area is 99.4 Å². The molecule has 0 aromatic heterocycles. The van der Waals surface area contributed by atoms with Crippen molar-refractivity contribution in [2.45, 2.75) is 57.4 Å². The molecule has 4 bridgehead atoms. The van der Waals surface area contributed by atoms with Gasteiger partial charge in [0.2, 0.25) is 0 Å². The Morgan fingerprint density at radius 3 is 2.06 bits per heavy atom. The minimum Gasteiger partial charge on any atom is -0.313 e. The molecular weight excluding hydrogens is 194 g/mol. The van der Waals surface area contributed by atoms with Crippen molar-refractivity contribution in [2.24, 2.45) is 29.6 Å². The topological polar surface area (TPSA) is 12.0 Å². The molecule has 4 rings (SSSR count). The van der Waals surface area contributed by atoms with Crippen LogP contribution in [0.15, 0.2) is 0 Å². The molecule has 4 saturated carbocycles. The highest BCUT2D eigenvalue weighted by molar-refractivity contribution is 4.96. The second-order valence-corrected chi connectivity index (χ2v) is 7.12. The van der Waals surface area contributed by atoms with Gasteiger partial charge < -0.3 is 5.32 Å². The van der Waals surface area contributed by atoms with Crippen molar-refractivity contribution in [3.05, 3.63) is 0 Å². The zero-order chi connectivity index (χ0) is 10.5. The molecule has 0 radical (unpaired) electrons. The number of hydrogen-bond donors (Lipinski definition) is 1. The first-order valence-electron chi connectivity index (χ1n) is 7.62. The van der Waals surface area contributed by atoms with Gasteiger partial charge in [0.25, 0.3) is 0 Å². The van der Waals surface area contributed by atoms with Crippen molar-refractivity contribution in [3.63, 3.8) is 0 Å². The minimum atomic E-state index is 0.915. The zero-order valence-corrected chi connectivity index (χ0v) is 10.3. The van der Waals surface area contributed by atoms with Gasteiger partial charge in [-0.1, -0.05) is 12.8 Å². The van der Waals surface area contributed by atoms with Crippen molar-refractivity contribution in [3.8, 4) is 0 Å². The molecule has 6 atom stereocenters. The molecule has 90 valence electrons. The van der Waals surface area contributed by atoms with Crippen molar-refractivity contribution in [2.75, 3.05) is 6.54 Å². The third kappa shape index (κ3) is 1.54. The molecule has 4 aliphatic carbocycles. The molecule has 0 spiro atoms. The van der Waals surface area contributed by atoms with E-state index in [0.29, 0.717) is 0 Å². The molecular formula is C15H25N. The monoisotopic (exact) mass is 219 g/mol. The van der Waals surface area contributed by atoms with Crippen LogP contribution in [0.2, 0.25) is 0 Å². The maximum Gasteiger partial charge on any atom is 0.00981 e. The summed E-state index contributed by atoms with van der Waals surface area (Å²) >= 11 is 0. The van der Waals surface area contributed by atoms with Gasteiger partial charge in [0.1, 0.15) is 0 Å². The summed E-state index contributed by atoms with van der Waals surface area (Å²) in [5.41, 5.74) is 0. The summed E-state index contributed by atoms with van der Waals surface area (Å²) in [4.78, 5) is 0. The van der Waals surface area contributed by atoms with Gasteiger partial charge in [-0.2, -0.15) is 0 Å². The number of hydrogen-bond acceptors (Lipinski definition) is 1. The Hall–Kier alpha value is -0.0400. The average Bonchev–Trinajstić information content (AvgIpc) is 3.05. The summed E-state index contributed by atoms with van der Waals surface area (Å²) in [6.45, 7) is 1.36. The standard InChI is InChI=1S/C15H25N/c1-3-12-5-10(1)7-14(12)9-16-15-8-11-2-4-13(15)6-11/h10-16H,1-9H2. The van der Waals surface area contributed by atoms with E-state index in [1.54, 1.807) is 32.1 Å². The van der Waals surface area contributed by atoms with Gasteiger partial charge in [0.05, 0.1) is 0 Å². The molecule has 1 nitrogen and oxygen atoms in total. The van der Waals surface area contributed by atoms with E-state index in [1.165, 1.54) is 25.8 Å². The summed E-state index contributed by atoms with van der Waals surface area (Å²) in [5.74, 6) is 5.44. The minimum absolute atomic E-state index is 0.915. The summed E-state index contributed by atoms with van der Waals surface area (Å²) in [7, 11) is 0. The molecule has 0 aliphatic heterocycles. The van der Waals surface area contributed by atoms with Crippen LogP contribution in [-0.4, -0.2) is 12.6 Å². The van der Waals surface area contributed by atoms with Crippen molar-refractivity contribution < 1.29 is 0 Å². The molecule has 0 heterocycles. The average molecular weight is 219 g/mol. The summed E-state index contributed by atoms with van der Waals surface area (Å²) < 4.78 is 0. The van der Waals surface area contributed by atoms with Crippen LogP contribution in [-0.2, 0) is 0 Å². The van der Waals surface area contributed by atoms with E-state index in [4.69, 9.17) is 0 Å². The highest BCUT2D eigenvalue weighted by Crippen LogP contribution is 2.49.